The van der Waals surface area contributed by atoms with Gasteiger partial charge >= 0.3 is 0 Å². The highest BCUT2D eigenvalue weighted by molar-refractivity contribution is 8.18. The molecule has 1 heterocycles. The molecule has 1 aromatic rings. The Kier molecular flexibility index (Phi) is 7.83. The van der Waals surface area contributed by atoms with Crippen molar-refractivity contribution in [3.8, 4) is 6.07 Å². The first-order valence-electron chi connectivity index (χ1n) is 10.4. The van der Waals surface area contributed by atoms with Crippen LogP contribution in [-0.4, -0.2) is 37.5 Å². The third-order valence-corrected chi connectivity index (χ3v) is 9.51. The van der Waals surface area contributed by atoms with E-state index in [0.717, 1.165) is 11.8 Å². The maximum absolute atomic E-state index is 15.0. The second-order valence-corrected chi connectivity index (χ2v) is 12.8. The molecule has 1 aliphatic rings. The van der Waals surface area contributed by atoms with E-state index < -0.39 is 32.3 Å². The molecule has 0 aromatic heterocycles. The zero-order chi connectivity index (χ0) is 24.6. The smallest absolute Gasteiger partial charge is 0.235 e. The number of amides is 1. The molecule has 10 heteroatoms. The summed E-state index contributed by atoms with van der Waals surface area (Å²) >= 11 is 1.14. The van der Waals surface area contributed by atoms with Gasteiger partial charge in [-0.2, -0.15) is 5.26 Å². The van der Waals surface area contributed by atoms with E-state index in [1.807, 2.05) is 19.9 Å². The van der Waals surface area contributed by atoms with Gasteiger partial charge in [0, 0.05) is 28.5 Å². The number of halogens is 1. The van der Waals surface area contributed by atoms with Crippen molar-refractivity contribution in [3.63, 3.8) is 0 Å². The van der Waals surface area contributed by atoms with Crippen molar-refractivity contribution in [2.45, 2.75) is 70.1 Å². The SMILES string of the molecule is CC(C)c1cc(C#N)c(F)c(C(C)C)c1CC(=O)N[SH](N)(=O)C1SC(C(C)(C)O)=CN1C. The fourth-order valence-electron chi connectivity index (χ4n) is 3.71. The van der Waals surface area contributed by atoms with Gasteiger partial charge in [-0.3, -0.25) is 14.7 Å². The van der Waals surface area contributed by atoms with Crippen LogP contribution in [0.15, 0.2) is 17.2 Å². The summed E-state index contributed by atoms with van der Waals surface area (Å²) in [4.78, 5) is 15.1. The van der Waals surface area contributed by atoms with E-state index in [2.05, 4.69) is 4.72 Å². The second-order valence-electron chi connectivity index (χ2n) is 9.22. The second kappa shape index (κ2) is 9.51. The minimum absolute atomic E-state index is 0.0530. The van der Waals surface area contributed by atoms with Crippen LogP contribution >= 0.6 is 11.8 Å². The molecule has 0 saturated heterocycles. The number of hydrogen-bond acceptors (Lipinski definition) is 6. The zero-order valence-corrected chi connectivity index (χ0v) is 21.3. The first kappa shape index (κ1) is 26.3. The number of nitrogens with one attached hydrogen (secondary N) is 1. The minimum atomic E-state index is -3.72. The predicted octanol–water partition coefficient (Wildman–Crippen LogP) is 2.98. The van der Waals surface area contributed by atoms with Crippen LogP contribution < -0.4 is 9.86 Å². The first-order chi connectivity index (χ1) is 14.6. The van der Waals surface area contributed by atoms with Crippen molar-refractivity contribution in [2.75, 3.05) is 7.05 Å². The summed E-state index contributed by atoms with van der Waals surface area (Å²) < 4.78 is 29.9. The Morgan fingerprint density at radius 3 is 2.44 bits per heavy atom. The van der Waals surface area contributed by atoms with Crippen molar-refractivity contribution in [1.29, 1.82) is 5.26 Å². The van der Waals surface area contributed by atoms with Gasteiger partial charge in [0.05, 0.1) is 17.6 Å². The molecule has 1 aliphatic heterocycles. The van der Waals surface area contributed by atoms with Gasteiger partial charge in [0.1, 0.15) is 11.9 Å². The zero-order valence-electron chi connectivity index (χ0n) is 19.6. The molecule has 0 aliphatic carbocycles. The van der Waals surface area contributed by atoms with Crippen molar-refractivity contribution >= 4 is 28.0 Å². The number of nitriles is 1. The van der Waals surface area contributed by atoms with Crippen LogP contribution in [0.2, 0.25) is 0 Å². The average Bonchev–Trinajstić information content (AvgIpc) is 3.04. The number of hydrogen-bond donors (Lipinski definition) is 4. The van der Waals surface area contributed by atoms with E-state index in [1.54, 1.807) is 45.8 Å². The van der Waals surface area contributed by atoms with Gasteiger partial charge in [-0.15, -0.1) is 0 Å². The number of thiol groups is 1. The van der Waals surface area contributed by atoms with Gasteiger partial charge in [0.25, 0.3) is 0 Å². The lowest BCUT2D eigenvalue weighted by Gasteiger charge is -2.32. The van der Waals surface area contributed by atoms with E-state index in [9.17, 15) is 23.8 Å². The van der Waals surface area contributed by atoms with Crippen LogP contribution in [0.1, 0.15) is 75.6 Å². The molecule has 0 saturated carbocycles. The number of thioether (sulfide) groups is 1. The Morgan fingerprint density at radius 2 is 2.00 bits per heavy atom. The van der Waals surface area contributed by atoms with Gasteiger partial charge < -0.3 is 10.0 Å². The summed E-state index contributed by atoms with van der Waals surface area (Å²) in [6.07, 6.45) is 1.45. The van der Waals surface area contributed by atoms with E-state index in [1.165, 1.54) is 6.07 Å². The van der Waals surface area contributed by atoms with Crippen molar-refractivity contribution < 1.29 is 18.5 Å². The van der Waals surface area contributed by atoms with Gasteiger partial charge in [0.2, 0.25) is 5.91 Å². The summed E-state index contributed by atoms with van der Waals surface area (Å²) in [7, 11) is -2.05. The lowest BCUT2D eigenvalue weighted by Crippen LogP contribution is -2.53. The van der Waals surface area contributed by atoms with Crippen LogP contribution in [0.5, 0.6) is 0 Å². The minimum Gasteiger partial charge on any atom is -0.385 e. The van der Waals surface area contributed by atoms with Gasteiger partial charge in [0.15, 0.2) is 4.71 Å². The van der Waals surface area contributed by atoms with E-state index in [-0.39, 0.29) is 23.8 Å². The highest BCUT2D eigenvalue weighted by atomic mass is 32.3. The summed E-state index contributed by atoms with van der Waals surface area (Å²) in [6, 6.07) is 3.37. The topological polar surface area (TPSA) is 119 Å². The molecule has 0 bridgehead atoms. The molecule has 0 fully saturated rings. The Hall–Kier alpha value is -1.93. The largest absolute Gasteiger partial charge is 0.385 e. The Labute approximate surface area is 194 Å². The fourth-order valence-corrected chi connectivity index (χ4v) is 6.99. The molecule has 32 heavy (non-hydrogen) atoms. The van der Waals surface area contributed by atoms with Gasteiger partial charge in [-0.05, 0) is 48.4 Å². The monoisotopic (exact) mass is 484 g/mol. The summed E-state index contributed by atoms with van der Waals surface area (Å²) in [5, 5.41) is 25.6. The van der Waals surface area contributed by atoms with Gasteiger partial charge in [-0.25, -0.2) is 8.60 Å². The molecule has 7 nitrogen and oxygen atoms in total. The fraction of sp³-hybridized carbons (Fsp3) is 0.545. The Balaban J connectivity index is 2.35. The molecule has 1 unspecified atom stereocenters. The highest BCUT2D eigenvalue weighted by Gasteiger charge is 2.38. The molecular weight excluding hydrogens is 451 g/mol. The quantitative estimate of drug-likeness (QED) is 0.442. The van der Waals surface area contributed by atoms with Crippen molar-refractivity contribution in [1.82, 2.24) is 9.62 Å². The lowest BCUT2D eigenvalue weighted by atomic mass is 9.85. The first-order valence-corrected chi connectivity index (χ1v) is 13.1. The van der Waals surface area contributed by atoms with Gasteiger partial charge in [-0.1, -0.05) is 39.5 Å². The maximum Gasteiger partial charge on any atom is 0.235 e. The predicted molar refractivity (Wildman–Crippen MR) is 128 cm³/mol. The third-order valence-electron chi connectivity index (χ3n) is 5.24. The lowest BCUT2D eigenvalue weighted by molar-refractivity contribution is -0.118. The molecule has 1 atom stereocenters. The molecule has 1 amide bonds. The number of nitrogens with two attached hydrogens (primary N) is 1. The van der Waals surface area contributed by atoms with Crippen LogP contribution in [0.4, 0.5) is 4.39 Å². The van der Waals surface area contributed by atoms with E-state index >= 15 is 0 Å². The number of aliphatic hydroxyl groups is 1. The number of rotatable bonds is 7. The Bertz CT molecular complexity index is 1030. The van der Waals surface area contributed by atoms with Crippen LogP contribution in [0.25, 0.3) is 0 Å². The molecular formula is C22H33FN4O3S2. The normalized spacial score (nSPS) is 17.5. The number of carbonyl (C=O) groups excluding carboxylic acids is 1. The number of benzene rings is 1. The molecule has 2 rings (SSSR count). The van der Waals surface area contributed by atoms with E-state index in [4.69, 9.17) is 5.14 Å². The standard InChI is InChI=1S/C22H33FN4O3S2/c1-12(2)15-8-14(10-24)20(23)19(13(3)4)16(15)9-18(28)26-32(25,30)21-27(7)11-17(31-21)22(5,6)29/h8,11-13,21,29,32H,9H2,1-7H3,(H3,25,26,28,30). The number of carbonyl (C=O) groups is 1. The third kappa shape index (κ3) is 5.52. The summed E-state index contributed by atoms with van der Waals surface area (Å²) in [5.74, 6) is -1.53. The summed E-state index contributed by atoms with van der Waals surface area (Å²) in [6.45, 7) is 10.6. The molecule has 0 radical (unpaired) electrons. The summed E-state index contributed by atoms with van der Waals surface area (Å²) in [5.41, 5.74) is 0.322. The van der Waals surface area contributed by atoms with Crippen molar-refractivity contribution in [3.05, 3.63) is 45.2 Å². The molecule has 1 aromatic carbocycles. The van der Waals surface area contributed by atoms with Crippen LogP contribution in [0.3, 0.4) is 0 Å². The van der Waals surface area contributed by atoms with E-state index in [0.29, 0.717) is 21.6 Å². The highest BCUT2D eigenvalue weighted by Crippen LogP contribution is 2.41. The Morgan fingerprint density at radius 1 is 1.41 bits per heavy atom. The maximum atomic E-state index is 15.0. The van der Waals surface area contributed by atoms with Crippen LogP contribution in [-0.2, 0) is 21.5 Å². The number of nitrogens with zero attached hydrogens (tertiary/aromatic N) is 2. The van der Waals surface area contributed by atoms with Crippen LogP contribution in [0, 0.1) is 17.1 Å². The average molecular weight is 485 g/mol. The molecule has 0 spiro atoms. The molecule has 178 valence electrons. The van der Waals surface area contributed by atoms with Crippen molar-refractivity contribution in [2.24, 2.45) is 5.14 Å². The molecule has 4 N–H and O–H groups in total.